The first kappa shape index (κ1) is 27.8. The molecule has 0 amide bonds. The van der Waals surface area contributed by atoms with E-state index in [1.165, 1.54) is 23.8 Å². The summed E-state index contributed by atoms with van der Waals surface area (Å²) in [5.41, 5.74) is 3.14. The second-order valence-corrected chi connectivity index (χ2v) is 10.3. The number of halogens is 2. The van der Waals surface area contributed by atoms with Crippen LogP contribution in [0, 0.1) is 17.6 Å². The molecule has 1 aliphatic heterocycles. The Morgan fingerprint density at radius 3 is 1.70 bits per heavy atom. The number of nitrogens with one attached hydrogen (secondary N) is 1. The molecule has 0 atom stereocenters. The quantitative estimate of drug-likeness (QED) is 0.215. The number of hydrogen-bond donors (Lipinski definition) is 1. The predicted octanol–water partition coefficient (Wildman–Crippen LogP) is 6.65. The molecule has 4 aromatic rings. The minimum Gasteiger partial charge on any atom is -0.493 e. The molecule has 40 heavy (non-hydrogen) atoms. The van der Waals surface area contributed by atoms with Gasteiger partial charge in [0.05, 0.1) is 19.3 Å². The summed E-state index contributed by atoms with van der Waals surface area (Å²) in [6.45, 7) is 4.09. The number of rotatable bonds is 11. The lowest BCUT2D eigenvalue weighted by atomic mass is 9.77. The van der Waals surface area contributed by atoms with Crippen molar-refractivity contribution in [2.75, 3.05) is 39.9 Å². The van der Waals surface area contributed by atoms with Gasteiger partial charge in [-0.2, -0.15) is 0 Å². The van der Waals surface area contributed by atoms with Crippen LogP contribution in [0.25, 0.3) is 0 Å². The lowest BCUT2D eigenvalue weighted by molar-refractivity contribution is 0.138. The molecule has 0 bridgehead atoms. The minimum atomic E-state index is -0.943. The largest absolute Gasteiger partial charge is 0.493 e. The minimum absolute atomic E-state index is 0.209. The molecule has 0 aliphatic carbocycles. The second-order valence-electron chi connectivity index (χ2n) is 10.3. The molecular formula is C34H36F2N2O2. The first-order valence-electron chi connectivity index (χ1n) is 13.9. The van der Waals surface area contributed by atoms with Gasteiger partial charge in [-0.3, -0.25) is 5.32 Å². The highest BCUT2D eigenvalue weighted by Crippen LogP contribution is 2.37. The summed E-state index contributed by atoms with van der Waals surface area (Å²) in [5.74, 6) is -1.08. The van der Waals surface area contributed by atoms with Crippen molar-refractivity contribution in [3.8, 4) is 11.5 Å². The number of piperidine rings is 1. The van der Waals surface area contributed by atoms with Gasteiger partial charge < -0.3 is 14.4 Å². The van der Waals surface area contributed by atoms with E-state index in [0.29, 0.717) is 12.5 Å². The maximum Gasteiger partial charge on any atom is 0.164 e. The van der Waals surface area contributed by atoms with Gasteiger partial charge in [0, 0.05) is 25.2 Å². The maximum absolute atomic E-state index is 13.7. The Bertz CT molecular complexity index is 1250. The van der Waals surface area contributed by atoms with Gasteiger partial charge in [-0.05, 0) is 48.5 Å². The van der Waals surface area contributed by atoms with E-state index in [0.717, 1.165) is 51.2 Å². The number of benzene rings is 4. The predicted molar refractivity (Wildman–Crippen MR) is 155 cm³/mol. The highest BCUT2D eigenvalue weighted by atomic mass is 19.2. The van der Waals surface area contributed by atoms with E-state index in [9.17, 15) is 8.78 Å². The molecule has 0 radical (unpaired) electrons. The Balaban J connectivity index is 1.23. The van der Waals surface area contributed by atoms with Crippen LogP contribution in [0.2, 0.25) is 0 Å². The molecule has 0 unspecified atom stereocenters. The van der Waals surface area contributed by atoms with Crippen molar-refractivity contribution in [3.05, 3.63) is 131 Å². The third-order valence-electron chi connectivity index (χ3n) is 7.83. The summed E-state index contributed by atoms with van der Waals surface area (Å²) in [7, 11) is 1.42. The van der Waals surface area contributed by atoms with Gasteiger partial charge in [-0.1, -0.05) is 91.0 Å². The number of likely N-dealkylation sites (tertiary alicyclic amines) is 1. The van der Waals surface area contributed by atoms with E-state index in [4.69, 9.17) is 9.47 Å². The van der Waals surface area contributed by atoms with Gasteiger partial charge in [0.1, 0.15) is 0 Å². The summed E-state index contributed by atoms with van der Waals surface area (Å²) in [4.78, 5) is 2.48. The number of ether oxygens (including phenoxy) is 2. The van der Waals surface area contributed by atoms with Crippen molar-refractivity contribution in [2.45, 2.75) is 18.4 Å². The molecule has 208 valence electrons. The van der Waals surface area contributed by atoms with Crippen LogP contribution in [0.5, 0.6) is 11.5 Å². The third-order valence-corrected chi connectivity index (χ3v) is 7.83. The Hall–Kier alpha value is -3.74. The van der Waals surface area contributed by atoms with Crippen LogP contribution >= 0.6 is 0 Å². The summed E-state index contributed by atoms with van der Waals surface area (Å²) >= 11 is 0. The zero-order valence-corrected chi connectivity index (χ0v) is 22.9. The van der Waals surface area contributed by atoms with Crippen molar-refractivity contribution in [1.29, 1.82) is 0 Å². The number of methoxy groups -OCH3 is 1. The van der Waals surface area contributed by atoms with Gasteiger partial charge >= 0.3 is 0 Å². The molecule has 5 rings (SSSR count). The van der Waals surface area contributed by atoms with Gasteiger partial charge in [0.25, 0.3) is 0 Å². The van der Waals surface area contributed by atoms with E-state index in [1.54, 1.807) is 0 Å². The topological polar surface area (TPSA) is 33.7 Å². The molecule has 0 saturated carbocycles. The van der Waals surface area contributed by atoms with Gasteiger partial charge in [-0.25, -0.2) is 8.78 Å². The Morgan fingerprint density at radius 2 is 1.23 bits per heavy atom. The molecule has 1 saturated heterocycles. The highest BCUT2D eigenvalue weighted by molar-refractivity contribution is 5.49. The van der Waals surface area contributed by atoms with Crippen molar-refractivity contribution in [3.63, 3.8) is 0 Å². The smallest absolute Gasteiger partial charge is 0.164 e. The summed E-state index contributed by atoms with van der Waals surface area (Å²) in [5, 5.41) is 3.96. The van der Waals surface area contributed by atoms with Gasteiger partial charge in [0.2, 0.25) is 0 Å². The van der Waals surface area contributed by atoms with Crippen LogP contribution < -0.4 is 14.8 Å². The standard InChI is InChI=1S/C34H36F2N2O2/c1-39-32-23-30(35)31(36)24-33(32)40-25-26-17-20-38(21-18-26)22-19-37-34(27-11-5-2-6-12-27,28-13-7-3-8-14-28)29-15-9-4-10-16-29/h2-16,23-24,26,37H,17-22,25H2,1H3. The Labute approximate surface area is 235 Å². The molecule has 6 heteroatoms. The average molecular weight is 543 g/mol. The summed E-state index contributed by atoms with van der Waals surface area (Å²) < 4.78 is 38.3. The SMILES string of the molecule is COc1cc(F)c(F)cc1OCC1CCN(CCNC(c2ccccc2)(c2ccccc2)c2ccccc2)CC1. The van der Waals surface area contributed by atoms with Crippen molar-refractivity contribution in [1.82, 2.24) is 10.2 Å². The third kappa shape index (κ3) is 6.19. The molecule has 1 heterocycles. The Morgan fingerprint density at radius 1 is 0.750 bits per heavy atom. The summed E-state index contributed by atoms with van der Waals surface area (Å²) in [6, 6.07) is 34.0. The fourth-order valence-electron chi connectivity index (χ4n) is 5.64. The van der Waals surface area contributed by atoms with Crippen LogP contribution in [0.3, 0.4) is 0 Å². The maximum atomic E-state index is 13.7. The highest BCUT2D eigenvalue weighted by Gasteiger charge is 2.35. The van der Waals surface area contributed by atoms with Gasteiger partial charge in [0.15, 0.2) is 23.1 Å². The zero-order chi connectivity index (χ0) is 27.8. The first-order valence-corrected chi connectivity index (χ1v) is 13.9. The molecule has 1 fully saturated rings. The van der Waals surface area contributed by atoms with Crippen molar-refractivity contribution in [2.24, 2.45) is 5.92 Å². The average Bonchev–Trinajstić information content (AvgIpc) is 3.01. The summed E-state index contributed by atoms with van der Waals surface area (Å²) in [6.07, 6.45) is 1.96. The van der Waals surface area contributed by atoms with Crippen LogP contribution in [0.15, 0.2) is 103 Å². The zero-order valence-electron chi connectivity index (χ0n) is 22.9. The fourth-order valence-corrected chi connectivity index (χ4v) is 5.64. The second kappa shape index (κ2) is 13.1. The lowest BCUT2D eigenvalue weighted by Gasteiger charge is -2.38. The van der Waals surface area contributed by atoms with Crippen molar-refractivity contribution < 1.29 is 18.3 Å². The molecular weight excluding hydrogens is 506 g/mol. The number of nitrogens with zero attached hydrogens (tertiary/aromatic N) is 1. The van der Waals surface area contributed by atoms with Crippen LogP contribution in [-0.4, -0.2) is 44.8 Å². The van der Waals surface area contributed by atoms with Crippen molar-refractivity contribution >= 4 is 0 Å². The molecule has 4 aromatic carbocycles. The van der Waals surface area contributed by atoms with E-state index < -0.39 is 17.2 Å². The number of hydrogen-bond acceptors (Lipinski definition) is 4. The normalized spacial score (nSPS) is 14.7. The monoisotopic (exact) mass is 542 g/mol. The lowest BCUT2D eigenvalue weighted by Crippen LogP contribution is -2.48. The van der Waals surface area contributed by atoms with E-state index in [2.05, 4.69) is 101 Å². The molecule has 0 spiro atoms. The van der Waals surface area contributed by atoms with E-state index >= 15 is 0 Å². The fraction of sp³-hybridized carbons (Fsp3) is 0.294. The van der Waals surface area contributed by atoms with Crippen LogP contribution in [0.4, 0.5) is 8.78 Å². The first-order chi connectivity index (χ1) is 19.6. The van der Waals surface area contributed by atoms with E-state index in [1.807, 2.05) is 0 Å². The van der Waals surface area contributed by atoms with Crippen LogP contribution in [0.1, 0.15) is 29.5 Å². The molecule has 4 nitrogen and oxygen atoms in total. The van der Waals surface area contributed by atoms with E-state index in [-0.39, 0.29) is 11.5 Å². The van der Waals surface area contributed by atoms with Crippen LogP contribution in [-0.2, 0) is 5.54 Å². The molecule has 0 aromatic heterocycles. The van der Waals surface area contributed by atoms with Gasteiger partial charge in [-0.15, -0.1) is 0 Å². The molecule has 1 aliphatic rings. The molecule has 1 N–H and O–H groups in total. The Kier molecular flexibility index (Phi) is 9.09.